The Bertz CT molecular complexity index is 257. The topological polar surface area (TPSA) is 64.6 Å². The molecule has 0 rings (SSSR count). The minimum Gasteiger partial charge on any atom is -0.453 e. The van der Waals surface area contributed by atoms with Crippen molar-refractivity contribution in [2.45, 2.75) is 39.8 Å². The highest BCUT2D eigenvalue weighted by Gasteiger charge is 2.34. The third-order valence-electron chi connectivity index (χ3n) is 2.32. The number of Topliss-reactive ketones (excluding diaryl/α,β-unsaturated/α-hetero) is 1. The van der Waals surface area contributed by atoms with Gasteiger partial charge in [-0.2, -0.15) is 0 Å². The third-order valence-corrected chi connectivity index (χ3v) is 2.32. The van der Waals surface area contributed by atoms with Gasteiger partial charge in [-0.25, -0.2) is 4.79 Å². The molecule has 0 bridgehead atoms. The molecule has 94 valence electrons. The van der Waals surface area contributed by atoms with E-state index in [0.29, 0.717) is 0 Å². The van der Waals surface area contributed by atoms with Crippen LogP contribution in [0.15, 0.2) is 0 Å². The van der Waals surface area contributed by atoms with Gasteiger partial charge in [0.15, 0.2) is 5.78 Å². The van der Waals surface area contributed by atoms with E-state index in [2.05, 4.69) is 10.1 Å². The molecular weight excluding hydrogens is 210 g/mol. The van der Waals surface area contributed by atoms with Crippen LogP contribution in [0.25, 0.3) is 0 Å². The van der Waals surface area contributed by atoms with E-state index < -0.39 is 23.7 Å². The molecule has 0 aromatic carbocycles. The molecule has 0 fully saturated rings. The first kappa shape index (κ1) is 14.9. The van der Waals surface area contributed by atoms with Crippen molar-refractivity contribution in [1.29, 1.82) is 0 Å². The van der Waals surface area contributed by atoms with Crippen molar-refractivity contribution in [3.8, 4) is 0 Å². The molecule has 0 saturated heterocycles. The summed E-state index contributed by atoms with van der Waals surface area (Å²) in [7, 11) is 2.75. The van der Waals surface area contributed by atoms with Crippen molar-refractivity contribution >= 4 is 11.9 Å². The Morgan fingerprint density at radius 2 is 1.69 bits per heavy atom. The standard InChI is InChI=1S/C11H21NO4/c1-7(15-5)8(12-10(14)16-6)9(13)11(2,3)4/h7-8H,1-6H3,(H,12,14). The Morgan fingerprint density at radius 3 is 2.00 bits per heavy atom. The van der Waals surface area contributed by atoms with E-state index in [1.165, 1.54) is 14.2 Å². The Balaban J connectivity index is 4.81. The van der Waals surface area contributed by atoms with Crippen molar-refractivity contribution in [2.24, 2.45) is 5.41 Å². The third kappa shape index (κ3) is 4.18. The maximum absolute atomic E-state index is 12.1. The van der Waals surface area contributed by atoms with Crippen molar-refractivity contribution < 1.29 is 19.1 Å². The number of nitrogens with one attached hydrogen (secondary N) is 1. The molecule has 0 aliphatic heterocycles. The highest BCUT2D eigenvalue weighted by Crippen LogP contribution is 2.19. The van der Waals surface area contributed by atoms with Crippen LogP contribution in [-0.4, -0.2) is 38.2 Å². The number of carbonyl (C=O) groups excluding carboxylic acids is 2. The predicted molar refractivity (Wildman–Crippen MR) is 60.3 cm³/mol. The van der Waals surface area contributed by atoms with E-state index in [0.717, 1.165) is 0 Å². The summed E-state index contributed by atoms with van der Waals surface area (Å²) in [4.78, 5) is 23.2. The molecule has 0 heterocycles. The summed E-state index contributed by atoms with van der Waals surface area (Å²) in [5.41, 5.74) is -0.543. The predicted octanol–water partition coefficient (Wildman–Crippen LogP) is 1.36. The molecule has 2 atom stereocenters. The monoisotopic (exact) mass is 231 g/mol. The zero-order valence-corrected chi connectivity index (χ0v) is 10.8. The zero-order valence-electron chi connectivity index (χ0n) is 10.8. The van der Waals surface area contributed by atoms with Gasteiger partial charge in [0, 0.05) is 12.5 Å². The minimum atomic E-state index is -0.697. The average molecular weight is 231 g/mol. The Morgan fingerprint density at radius 1 is 1.19 bits per heavy atom. The van der Waals surface area contributed by atoms with Crippen LogP contribution in [0.1, 0.15) is 27.7 Å². The first-order chi connectivity index (χ1) is 7.23. The maximum Gasteiger partial charge on any atom is 0.407 e. The molecule has 0 aliphatic carbocycles. The lowest BCUT2D eigenvalue weighted by atomic mass is 9.85. The summed E-state index contributed by atoms with van der Waals surface area (Å²) in [5, 5.41) is 2.49. The number of rotatable bonds is 4. The van der Waals surface area contributed by atoms with Crippen LogP contribution in [0.3, 0.4) is 0 Å². The van der Waals surface area contributed by atoms with Gasteiger partial charge in [0.05, 0.1) is 13.2 Å². The van der Waals surface area contributed by atoms with Crippen LogP contribution in [0.5, 0.6) is 0 Å². The van der Waals surface area contributed by atoms with Gasteiger partial charge in [0.2, 0.25) is 0 Å². The highest BCUT2D eigenvalue weighted by molar-refractivity contribution is 5.91. The van der Waals surface area contributed by atoms with E-state index >= 15 is 0 Å². The summed E-state index contributed by atoms with van der Waals surface area (Å²) in [6.45, 7) is 7.11. The fourth-order valence-electron chi connectivity index (χ4n) is 1.18. The highest BCUT2D eigenvalue weighted by atomic mass is 16.5. The van der Waals surface area contributed by atoms with E-state index in [4.69, 9.17) is 4.74 Å². The molecule has 1 N–H and O–H groups in total. The molecule has 0 aromatic heterocycles. The molecule has 5 nitrogen and oxygen atoms in total. The van der Waals surface area contributed by atoms with Gasteiger partial charge >= 0.3 is 6.09 Å². The molecule has 16 heavy (non-hydrogen) atoms. The number of carbonyl (C=O) groups is 2. The lowest BCUT2D eigenvalue weighted by molar-refractivity contribution is -0.131. The largest absolute Gasteiger partial charge is 0.453 e. The first-order valence-electron chi connectivity index (χ1n) is 5.15. The Kier molecular flexibility index (Phi) is 5.44. The molecule has 5 heteroatoms. The summed E-state index contributed by atoms with van der Waals surface area (Å²) >= 11 is 0. The average Bonchev–Trinajstić information content (AvgIpc) is 2.22. The summed E-state index contributed by atoms with van der Waals surface area (Å²) < 4.78 is 9.56. The quantitative estimate of drug-likeness (QED) is 0.793. The van der Waals surface area contributed by atoms with Crippen molar-refractivity contribution in [3.05, 3.63) is 0 Å². The second kappa shape index (κ2) is 5.84. The van der Waals surface area contributed by atoms with Gasteiger partial charge in [0.25, 0.3) is 0 Å². The van der Waals surface area contributed by atoms with Crippen LogP contribution in [0.4, 0.5) is 4.79 Å². The van der Waals surface area contributed by atoms with E-state index in [-0.39, 0.29) is 5.78 Å². The van der Waals surface area contributed by atoms with Crippen molar-refractivity contribution in [3.63, 3.8) is 0 Å². The lowest BCUT2D eigenvalue weighted by Crippen LogP contribution is -2.52. The van der Waals surface area contributed by atoms with Crippen LogP contribution < -0.4 is 5.32 Å². The van der Waals surface area contributed by atoms with Crippen molar-refractivity contribution in [1.82, 2.24) is 5.32 Å². The molecule has 0 saturated carbocycles. The van der Waals surface area contributed by atoms with Gasteiger partial charge in [-0.05, 0) is 6.92 Å². The van der Waals surface area contributed by atoms with Crippen molar-refractivity contribution in [2.75, 3.05) is 14.2 Å². The molecule has 1 amide bonds. The molecular formula is C11H21NO4. The summed E-state index contributed by atoms with van der Waals surface area (Å²) in [6, 6.07) is -0.697. The van der Waals surface area contributed by atoms with Gasteiger partial charge < -0.3 is 14.8 Å². The number of ketones is 1. The van der Waals surface area contributed by atoms with Gasteiger partial charge in [0.1, 0.15) is 6.04 Å². The molecule has 2 unspecified atom stereocenters. The second-order valence-corrected chi connectivity index (χ2v) is 4.67. The number of methoxy groups -OCH3 is 2. The fraction of sp³-hybridized carbons (Fsp3) is 0.818. The van der Waals surface area contributed by atoms with Crippen LogP contribution in [0, 0.1) is 5.41 Å². The summed E-state index contributed by atoms with van der Waals surface area (Å²) in [5.74, 6) is -0.0905. The smallest absolute Gasteiger partial charge is 0.407 e. The molecule has 0 aromatic rings. The van der Waals surface area contributed by atoms with Crippen LogP contribution >= 0.6 is 0 Å². The number of alkyl carbamates (subject to hydrolysis) is 1. The normalized spacial score (nSPS) is 15.1. The fourth-order valence-corrected chi connectivity index (χ4v) is 1.18. The SMILES string of the molecule is COC(=O)NC(C(=O)C(C)(C)C)C(C)OC. The summed E-state index contributed by atoms with van der Waals surface area (Å²) in [6.07, 6.45) is -1.03. The van der Waals surface area contributed by atoms with E-state index in [1.54, 1.807) is 27.7 Å². The van der Waals surface area contributed by atoms with Crippen LogP contribution in [-0.2, 0) is 14.3 Å². The number of hydrogen-bond acceptors (Lipinski definition) is 4. The molecule has 0 radical (unpaired) electrons. The van der Waals surface area contributed by atoms with Gasteiger partial charge in [-0.1, -0.05) is 20.8 Å². The van der Waals surface area contributed by atoms with Crippen LogP contribution in [0.2, 0.25) is 0 Å². The lowest BCUT2D eigenvalue weighted by Gasteiger charge is -2.28. The molecule has 0 aliphatic rings. The zero-order chi connectivity index (χ0) is 12.9. The van der Waals surface area contributed by atoms with Gasteiger partial charge in [-0.3, -0.25) is 4.79 Å². The number of hydrogen-bond donors (Lipinski definition) is 1. The first-order valence-corrected chi connectivity index (χ1v) is 5.15. The minimum absolute atomic E-state index is 0.0905. The Labute approximate surface area is 96.5 Å². The number of amides is 1. The Hall–Kier alpha value is -1.10. The second-order valence-electron chi connectivity index (χ2n) is 4.67. The number of ether oxygens (including phenoxy) is 2. The van der Waals surface area contributed by atoms with E-state index in [1.807, 2.05) is 0 Å². The maximum atomic E-state index is 12.1. The van der Waals surface area contributed by atoms with E-state index in [9.17, 15) is 9.59 Å². The van der Waals surface area contributed by atoms with Gasteiger partial charge in [-0.15, -0.1) is 0 Å². The molecule has 0 spiro atoms.